The van der Waals surface area contributed by atoms with Crippen LogP contribution in [0.15, 0.2) is 42.0 Å². The number of fused-ring (bicyclic) bond motifs is 1. The number of benzene rings is 2. The van der Waals surface area contributed by atoms with Crippen molar-refractivity contribution in [2.45, 2.75) is 47.1 Å². The maximum absolute atomic E-state index is 12.8. The third-order valence-electron chi connectivity index (χ3n) is 5.79. The van der Waals surface area contributed by atoms with Crippen LogP contribution in [0.25, 0.3) is 11.6 Å². The minimum Gasteiger partial charge on any atom is -0.363 e. The summed E-state index contributed by atoms with van der Waals surface area (Å²) in [6, 6.07) is 11.5. The summed E-state index contributed by atoms with van der Waals surface area (Å²) in [5, 5.41) is 13.0. The van der Waals surface area contributed by atoms with Crippen LogP contribution in [-0.2, 0) is 4.79 Å². The molecule has 0 fully saturated rings. The van der Waals surface area contributed by atoms with Crippen molar-refractivity contribution in [2.75, 3.05) is 16.8 Å². The molecule has 1 amide bonds. The number of hydrogen-bond donors (Lipinski definition) is 1. The number of carbonyl (C=O) groups is 1. The summed E-state index contributed by atoms with van der Waals surface area (Å²) in [5.41, 5.74) is 6.83. The molecule has 1 heterocycles. The minimum atomic E-state index is -0.450. The van der Waals surface area contributed by atoms with E-state index in [0.717, 1.165) is 28.8 Å². The molecule has 0 spiro atoms. The first-order chi connectivity index (χ1) is 14.6. The number of nitriles is 1. The van der Waals surface area contributed by atoms with Gasteiger partial charge in [0.1, 0.15) is 11.6 Å². The highest BCUT2D eigenvalue weighted by molar-refractivity contribution is 6.31. The third kappa shape index (κ3) is 4.52. The molecule has 0 bridgehead atoms. The van der Waals surface area contributed by atoms with E-state index in [0.29, 0.717) is 10.7 Å². The second kappa shape index (κ2) is 8.61. The molecule has 3 rings (SSSR count). The van der Waals surface area contributed by atoms with E-state index in [2.05, 4.69) is 56.1 Å². The fraction of sp³-hybridized carbons (Fsp3) is 0.308. The predicted molar refractivity (Wildman–Crippen MR) is 130 cm³/mol. The Balaban J connectivity index is 2.00. The van der Waals surface area contributed by atoms with Gasteiger partial charge >= 0.3 is 0 Å². The van der Waals surface area contributed by atoms with Crippen LogP contribution in [-0.4, -0.2) is 18.0 Å². The molecule has 1 aliphatic heterocycles. The molecule has 0 radical (unpaired) electrons. The molecule has 160 valence electrons. The Morgan fingerprint density at radius 3 is 2.55 bits per heavy atom. The zero-order valence-electron chi connectivity index (χ0n) is 18.9. The molecule has 1 N–H and O–H groups in total. The fourth-order valence-corrected chi connectivity index (χ4v) is 4.37. The molecule has 2 aromatic carbocycles. The summed E-state index contributed by atoms with van der Waals surface area (Å²) in [6.45, 7) is 13.5. The minimum absolute atomic E-state index is 0.0487. The first kappa shape index (κ1) is 22.7. The lowest BCUT2D eigenvalue weighted by molar-refractivity contribution is -0.112. The lowest BCUT2D eigenvalue weighted by Crippen LogP contribution is -2.44. The number of anilines is 2. The highest BCUT2D eigenvalue weighted by Crippen LogP contribution is 2.40. The molecule has 0 atom stereocenters. The number of nitrogens with zero attached hydrogens (tertiary/aromatic N) is 2. The number of nitrogens with one attached hydrogen (secondary N) is 1. The zero-order chi connectivity index (χ0) is 22.9. The van der Waals surface area contributed by atoms with Gasteiger partial charge in [0.15, 0.2) is 0 Å². The van der Waals surface area contributed by atoms with Crippen molar-refractivity contribution in [3.63, 3.8) is 0 Å². The average molecular weight is 434 g/mol. The van der Waals surface area contributed by atoms with E-state index in [1.807, 2.05) is 26.0 Å². The second-order valence-corrected chi connectivity index (χ2v) is 8.97. The predicted octanol–water partition coefficient (Wildman–Crippen LogP) is 6.52. The van der Waals surface area contributed by atoms with Crippen LogP contribution < -0.4 is 10.2 Å². The number of carbonyl (C=O) groups excluding carboxylic acids is 1. The van der Waals surface area contributed by atoms with Crippen LogP contribution in [0.3, 0.4) is 0 Å². The first-order valence-corrected chi connectivity index (χ1v) is 10.8. The Hall–Kier alpha value is -3.03. The number of likely N-dealkylation sites (N-methyl/N-ethyl adjacent to an activating group) is 1. The van der Waals surface area contributed by atoms with Gasteiger partial charge < -0.3 is 10.2 Å². The van der Waals surface area contributed by atoms with Crippen LogP contribution >= 0.6 is 11.6 Å². The fourth-order valence-electron chi connectivity index (χ4n) is 4.20. The topological polar surface area (TPSA) is 56.1 Å². The molecule has 2 aromatic rings. The SMILES string of the molecule is CCN1c2cc(C)c(/C=C(\C#N)C(=O)Nc3cc(Cl)ccc3C)cc2C(C)=CC1(C)C. The molecule has 0 saturated heterocycles. The highest BCUT2D eigenvalue weighted by Gasteiger charge is 2.30. The number of rotatable bonds is 4. The van der Waals surface area contributed by atoms with Crippen molar-refractivity contribution in [3.8, 4) is 6.07 Å². The van der Waals surface area contributed by atoms with Gasteiger partial charge in [-0.25, -0.2) is 0 Å². The van der Waals surface area contributed by atoms with Gasteiger partial charge in [0.2, 0.25) is 0 Å². The van der Waals surface area contributed by atoms with Gasteiger partial charge in [-0.05, 0) is 94.1 Å². The van der Waals surface area contributed by atoms with Crippen molar-refractivity contribution < 1.29 is 4.79 Å². The van der Waals surface area contributed by atoms with Crippen LogP contribution in [0.4, 0.5) is 11.4 Å². The van der Waals surface area contributed by atoms with E-state index < -0.39 is 5.91 Å². The molecule has 4 nitrogen and oxygen atoms in total. The molecule has 0 unspecified atom stereocenters. The third-order valence-corrected chi connectivity index (χ3v) is 6.03. The van der Waals surface area contributed by atoms with Gasteiger partial charge in [0.05, 0.1) is 5.54 Å². The molecular formula is C26H28ClN3O. The summed E-state index contributed by atoms with van der Waals surface area (Å²) in [5.74, 6) is -0.450. The molecule has 5 heteroatoms. The molecular weight excluding hydrogens is 406 g/mol. The largest absolute Gasteiger partial charge is 0.363 e. The Labute approximate surface area is 189 Å². The van der Waals surface area contributed by atoms with E-state index in [1.54, 1.807) is 18.2 Å². The molecule has 31 heavy (non-hydrogen) atoms. The summed E-state index contributed by atoms with van der Waals surface area (Å²) in [7, 11) is 0. The summed E-state index contributed by atoms with van der Waals surface area (Å²) in [6.07, 6.45) is 3.93. The maximum atomic E-state index is 12.8. The summed E-state index contributed by atoms with van der Waals surface area (Å²) in [4.78, 5) is 15.2. The Bertz CT molecular complexity index is 1150. The van der Waals surface area contributed by atoms with Crippen LogP contribution in [0.5, 0.6) is 0 Å². The van der Waals surface area contributed by atoms with E-state index in [-0.39, 0.29) is 11.1 Å². The second-order valence-electron chi connectivity index (χ2n) is 8.53. The smallest absolute Gasteiger partial charge is 0.266 e. The van der Waals surface area contributed by atoms with Gasteiger partial charge in [0, 0.05) is 28.5 Å². The number of allylic oxidation sites excluding steroid dienone is 1. The van der Waals surface area contributed by atoms with Crippen molar-refractivity contribution in [1.29, 1.82) is 5.26 Å². The first-order valence-electron chi connectivity index (χ1n) is 10.4. The Morgan fingerprint density at radius 2 is 1.90 bits per heavy atom. The standard InChI is InChI=1S/C26H28ClN3O/c1-7-30-24-10-17(3)19(12-22(24)18(4)14-26(30,5)6)11-20(15-28)25(31)29-23-13-21(27)9-8-16(23)2/h8-14H,7H2,1-6H3,(H,29,31)/b20-11+. The Morgan fingerprint density at radius 1 is 1.19 bits per heavy atom. The monoisotopic (exact) mass is 433 g/mol. The van der Waals surface area contributed by atoms with Crippen molar-refractivity contribution in [2.24, 2.45) is 0 Å². The van der Waals surface area contributed by atoms with Gasteiger partial charge in [-0.2, -0.15) is 5.26 Å². The quantitative estimate of drug-likeness (QED) is 0.440. The van der Waals surface area contributed by atoms with Crippen LogP contribution in [0, 0.1) is 25.2 Å². The van der Waals surface area contributed by atoms with Crippen molar-refractivity contribution in [3.05, 3.63) is 69.3 Å². The highest BCUT2D eigenvalue weighted by atomic mass is 35.5. The van der Waals surface area contributed by atoms with Crippen LogP contribution in [0.1, 0.15) is 49.9 Å². The number of halogens is 1. The summed E-state index contributed by atoms with van der Waals surface area (Å²) >= 11 is 6.05. The van der Waals surface area contributed by atoms with Crippen LogP contribution in [0.2, 0.25) is 5.02 Å². The number of hydrogen-bond acceptors (Lipinski definition) is 3. The van der Waals surface area contributed by atoms with Gasteiger partial charge in [-0.15, -0.1) is 0 Å². The molecule has 0 aliphatic carbocycles. The average Bonchev–Trinajstić information content (AvgIpc) is 2.69. The number of aryl methyl sites for hydroxylation is 2. The molecule has 1 aliphatic rings. The van der Waals surface area contributed by atoms with Crippen molar-refractivity contribution >= 4 is 40.5 Å². The normalized spacial score (nSPS) is 15.1. The Kier molecular flexibility index (Phi) is 6.29. The lowest BCUT2D eigenvalue weighted by Gasteiger charge is -2.43. The van der Waals surface area contributed by atoms with Crippen molar-refractivity contribution in [1.82, 2.24) is 0 Å². The van der Waals surface area contributed by atoms with E-state index in [1.165, 1.54) is 11.3 Å². The lowest BCUT2D eigenvalue weighted by atomic mass is 9.86. The van der Waals surface area contributed by atoms with E-state index in [9.17, 15) is 10.1 Å². The van der Waals surface area contributed by atoms with Gasteiger partial charge in [0.25, 0.3) is 5.91 Å². The zero-order valence-corrected chi connectivity index (χ0v) is 19.7. The number of amides is 1. The molecule has 0 aromatic heterocycles. The van der Waals surface area contributed by atoms with E-state index in [4.69, 9.17) is 11.6 Å². The molecule has 0 saturated carbocycles. The van der Waals surface area contributed by atoms with Gasteiger partial charge in [-0.1, -0.05) is 23.7 Å². The summed E-state index contributed by atoms with van der Waals surface area (Å²) < 4.78 is 0. The van der Waals surface area contributed by atoms with Gasteiger partial charge in [-0.3, -0.25) is 4.79 Å². The van der Waals surface area contributed by atoms with E-state index >= 15 is 0 Å². The maximum Gasteiger partial charge on any atom is 0.266 e.